The molecule has 0 saturated carbocycles. The van der Waals surface area contributed by atoms with Gasteiger partial charge in [-0.3, -0.25) is 0 Å². The minimum absolute atomic E-state index is 0.0234. The molecule has 0 aliphatic carbocycles. The molecular formula is C4H5F3N4S. The maximum absolute atomic E-state index is 11.6. The first-order chi connectivity index (χ1) is 5.47. The molecule has 0 fully saturated rings. The van der Waals surface area contributed by atoms with Gasteiger partial charge in [-0.1, -0.05) is 0 Å². The van der Waals surface area contributed by atoms with Crippen LogP contribution >= 0.6 is 11.5 Å². The van der Waals surface area contributed by atoms with Gasteiger partial charge in [-0.25, -0.2) is 0 Å². The van der Waals surface area contributed by atoms with Crippen LogP contribution in [0.1, 0.15) is 0 Å². The second-order valence-electron chi connectivity index (χ2n) is 1.93. The minimum atomic E-state index is -4.25. The zero-order valence-electron chi connectivity index (χ0n) is 5.72. The molecule has 3 N–H and O–H groups in total. The average molecular weight is 198 g/mol. The number of rotatable bonds is 2. The summed E-state index contributed by atoms with van der Waals surface area (Å²) in [5.41, 5.74) is 5.08. The third-order valence-electron chi connectivity index (χ3n) is 0.882. The summed E-state index contributed by atoms with van der Waals surface area (Å²) >= 11 is 0.793. The average Bonchev–Trinajstić information content (AvgIpc) is 2.30. The van der Waals surface area contributed by atoms with E-state index >= 15 is 0 Å². The van der Waals surface area contributed by atoms with Crippen molar-refractivity contribution >= 4 is 22.6 Å². The molecule has 0 amide bonds. The highest BCUT2D eigenvalue weighted by Crippen LogP contribution is 2.17. The summed E-state index contributed by atoms with van der Waals surface area (Å²) < 4.78 is 38.3. The number of hydrogen-bond donors (Lipinski definition) is 2. The van der Waals surface area contributed by atoms with E-state index in [1.165, 1.54) is 0 Å². The van der Waals surface area contributed by atoms with E-state index in [1.807, 2.05) is 5.32 Å². The summed E-state index contributed by atoms with van der Waals surface area (Å²) in [6.45, 7) is -1.12. The molecule has 0 atom stereocenters. The van der Waals surface area contributed by atoms with E-state index in [1.54, 1.807) is 0 Å². The highest BCUT2D eigenvalue weighted by atomic mass is 32.1. The van der Waals surface area contributed by atoms with E-state index in [-0.39, 0.29) is 11.1 Å². The summed E-state index contributed by atoms with van der Waals surface area (Å²) in [5, 5.41) is 2.12. The predicted molar refractivity (Wildman–Crippen MR) is 38.9 cm³/mol. The van der Waals surface area contributed by atoms with Crippen molar-refractivity contribution in [3.8, 4) is 0 Å². The molecule has 0 aromatic carbocycles. The van der Waals surface area contributed by atoms with E-state index in [4.69, 9.17) is 5.73 Å². The maximum atomic E-state index is 11.6. The van der Waals surface area contributed by atoms with Crippen LogP contribution < -0.4 is 11.1 Å². The van der Waals surface area contributed by atoms with Crippen LogP contribution in [0.3, 0.4) is 0 Å². The number of nitrogens with one attached hydrogen (secondary N) is 1. The van der Waals surface area contributed by atoms with Crippen LogP contribution in [-0.4, -0.2) is 22.1 Å². The van der Waals surface area contributed by atoms with Crippen LogP contribution in [0.2, 0.25) is 0 Å². The number of hydrogen-bond acceptors (Lipinski definition) is 5. The Kier molecular flexibility index (Phi) is 2.36. The topological polar surface area (TPSA) is 63.8 Å². The van der Waals surface area contributed by atoms with Crippen molar-refractivity contribution in [2.24, 2.45) is 0 Å². The smallest absolute Gasteiger partial charge is 0.367 e. The first kappa shape index (κ1) is 9.04. The quantitative estimate of drug-likeness (QED) is 0.746. The number of alkyl halides is 3. The van der Waals surface area contributed by atoms with Crippen molar-refractivity contribution in [2.75, 3.05) is 17.6 Å². The van der Waals surface area contributed by atoms with Gasteiger partial charge < -0.3 is 11.1 Å². The molecule has 0 spiro atoms. The monoisotopic (exact) mass is 198 g/mol. The van der Waals surface area contributed by atoms with Crippen molar-refractivity contribution in [1.82, 2.24) is 9.36 Å². The molecule has 68 valence electrons. The Labute approximate surface area is 69.8 Å². The molecule has 0 radical (unpaired) electrons. The molecule has 0 bridgehead atoms. The normalized spacial score (nSPS) is 11.6. The summed E-state index contributed by atoms with van der Waals surface area (Å²) in [4.78, 5) is 3.49. The summed E-state index contributed by atoms with van der Waals surface area (Å²) in [5.74, 6) is -0.0234. The Morgan fingerprint density at radius 2 is 2.17 bits per heavy atom. The molecule has 1 heterocycles. The maximum Gasteiger partial charge on any atom is 0.405 e. The lowest BCUT2D eigenvalue weighted by atomic mass is 10.6. The molecule has 1 rings (SSSR count). The fourth-order valence-corrected chi connectivity index (χ4v) is 0.974. The SMILES string of the molecule is Nc1nsc(NCC(F)(F)F)n1. The first-order valence-corrected chi connectivity index (χ1v) is 3.64. The van der Waals surface area contributed by atoms with Gasteiger partial charge >= 0.3 is 6.18 Å². The largest absolute Gasteiger partial charge is 0.405 e. The summed E-state index contributed by atoms with van der Waals surface area (Å²) in [6, 6.07) is 0. The molecule has 4 nitrogen and oxygen atoms in total. The lowest BCUT2D eigenvalue weighted by Gasteiger charge is -2.05. The number of halogens is 3. The van der Waals surface area contributed by atoms with E-state index in [9.17, 15) is 13.2 Å². The third kappa shape index (κ3) is 2.91. The van der Waals surface area contributed by atoms with Crippen molar-refractivity contribution in [2.45, 2.75) is 6.18 Å². The number of nitrogen functional groups attached to an aromatic ring is 1. The Bertz CT molecular complexity index is 257. The van der Waals surface area contributed by atoms with Gasteiger partial charge in [0.2, 0.25) is 11.1 Å². The number of aromatic nitrogens is 2. The van der Waals surface area contributed by atoms with Gasteiger partial charge in [0.05, 0.1) is 0 Å². The van der Waals surface area contributed by atoms with Gasteiger partial charge in [-0.05, 0) is 0 Å². The van der Waals surface area contributed by atoms with E-state index in [2.05, 4.69) is 9.36 Å². The second-order valence-corrected chi connectivity index (χ2v) is 2.68. The molecule has 1 aromatic rings. The Hall–Kier alpha value is -1.05. The van der Waals surface area contributed by atoms with Crippen LogP contribution in [0.5, 0.6) is 0 Å². The predicted octanol–water partition coefficient (Wildman–Crippen LogP) is 1.09. The van der Waals surface area contributed by atoms with Crippen LogP contribution in [0, 0.1) is 0 Å². The van der Waals surface area contributed by atoms with Gasteiger partial charge in [0, 0.05) is 11.5 Å². The van der Waals surface area contributed by atoms with Gasteiger partial charge in [-0.2, -0.15) is 22.5 Å². The van der Waals surface area contributed by atoms with Crippen LogP contribution in [0.15, 0.2) is 0 Å². The second kappa shape index (κ2) is 3.13. The van der Waals surface area contributed by atoms with Crippen LogP contribution in [0.4, 0.5) is 24.3 Å². The Morgan fingerprint density at radius 1 is 1.50 bits per heavy atom. The minimum Gasteiger partial charge on any atom is -0.367 e. The summed E-state index contributed by atoms with van der Waals surface area (Å²) in [7, 11) is 0. The molecule has 0 unspecified atom stereocenters. The van der Waals surface area contributed by atoms with Crippen molar-refractivity contribution < 1.29 is 13.2 Å². The molecule has 0 aliphatic heterocycles. The zero-order valence-corrected chi connectivity index (χ0v) is 6.54. The van der Waals surface area contributed by atoms with E-state index in [0.29, 0.717) is 0 Å². The van der Waals surface area contributed by atoms with Crippen LogP contribution in [0.25, 0.3) is 0 Å². The fourth-order valence-electron chi connectivity index (χ4n) is 0.483. The third-order valence-corrected chi connectivity index (χ3v) is 1.57. The molecule has 0 saturated heterocycles. The van der Waals surface area contributed by atoms with Crippen LogP contribution in [-0.2, 0) is 0 Å². The fraction of sp³-hybridized carbons (Fsp3) is 0.500. The lowest BCUT2D eigenvalue weighted by molar-refractivity contribution is -0.115. The van der Waals surface area contributed by atoms with E-state index in [0.717, 1.165) is 11.5 Å². The Balaban J connectivity index is 2.44. The molecular weight excluding hydrogens is 193 g/mol. The highest BCUT2D eigenvalue weighted by Gasteiger charge is 2.27. The van der Waals surface area contributed by atoms with Crippen molar-refractivity contribution in [1.29, 1.82) is 0 Å². The molecule has 0 aliphatic rings. The number of nitrogens with zero attached hydrogens (tertiary/aromatic N) is 2. The van der Waals surface area contributed by atoms with Gasteiger partial charge in [-0.15, -0.1) is 0 Å². The van der Waals surface area contributed by atoms with Gasteiger partial charge in [0.25, 0.3) is 0 Å². The molecule has 8 heteroatoms. The van der Waals surface area contributed by atoms with Crippen molar-refractivity contribution in [3.63, 3.8) is 0 Å². The van der Waals surface area contributed by atoms with Gasteiger partial charge in [0.15, 0.2) is 0 Å². The molecule has 12 heavy (non-hydrogen) atoms. The van der Waals surface area contributed by atoms with E-state index < -0.39 is 12.7 Å². The number of nitrogens with two attached hydrogens (primary N) is 1. The Morgan fingerprint density at radius 3 is 2.58 bits per heavy atom. The highest BCUT2D eigenvalue weighted by molar-refractivity contribution is 7.09. The van der Waals surface area contributed by atoms with Gasteiger partial charge in [0.1, 0.15) is 6.54 Å². The lowest BCUT2D eigenvalue weighted by Crippen LogP contribution is -2.21. The van der Waals surface area contributed by atoms with Crippen molar-refractivity contribution in [3.05, 3.63) is 0 Å². The number of anilines is 2. The molecule has 1 aromatic heterocycles. The standard InChI is InChI=1S/C4H5F3N4S/c5-4(6,7)1-9-3-10-2(8)11-12-3/h1H2,(H3,8,9,10,11). The summed E-state index contributed by atoms with van der Waals surface area (Å²) in [6.07, 6.45) is -4.25. The first-order valence-electron chi connectivity index (χ1n) is 2.87. The zero-order chi connectivity index (χ0) is 9.19.